The van der Waals surface area contributed by atoms with Gasteiger partial charge in [0.1, 0.15) is 5.82 Å². The van der Waals surface area contributed by atoms with Crippen LogP contribution in [0.5, 0.6) is 0 Å². The summed E-state index contributed by atoms with van der Waals surface area (Å²) in [5, 5.41) is 2.97. The summed E-state index contributed by atoms with van der Waals surface area (Å²) in [7, 11) is 0. The Kier molecular flexibility index (Phi) is 6.36. The molecule has 0 unspecified atom stereocenters. The molecule has 0 saturated carbocycles. The Morgan fingerprint density at radius 2 is 1.81 bits per heavy atom. The zero-order valence-electron chi connectivity index (χ0n) is 15.1. The topological polar surface area (TPSA) is 49.4 Å². The predicted molar refractivity (Wildman–Crippen MR) is 103 cm³/mol. The number of hydrogen-bond acceptors (Lipinski definition) is 2. The number of nitrogens with one attached hydrogen (secondary N) is 1. The molecule has 0 spiro atoms. The molecule has 140 valence electrons. The zero-order chi connectivity index (χ0) is 19.1. The first-order valence-corrected chi connectivity index (χ1v) is 9.16. The lowest BCUT2D eigenvalue weighted by molar-refractivity contribution is -0.132. The van der Waals surface area contributed by atoms with E-state index < -0.39 is 0 Å². The van der Waals surface area contributed by atoms with Crippen molar-refractivity contribution in [2.24, 2.45) is 5.92 Å². The second kappa shape index (κ2) is 9.12. The Morgan fingerprint density at radius 1 is 1.07 bits per heavy atom. The van der Waals surface area contributed by atoms with Gasteiger partial charge in [-0.2, -0.15) is 0 Å². The molecule has 4 nitrogen and oxygen atoms in total. The Balaban J connectivity index is 1.45. The summed E-state index contributed by atoms with van der Waals surface area (Å²) in [5.41, 5.74) is 1.72. The molecule has 0 bridgehead atoms. The molecule has 2 amide bonds. The fourth-order valence-corrected chi connectivity index (χ4v) is 3.17. The summed E-state index contributed by atoms with van der Waals surface area (Å²) in [6.45, 7) is 1.63. The average molecular weight is 366 g/mol. The fraction of sp³-hybridized carbons (Fsp3) is 0.273. The molecule has 2 aromatic carbocycles. The van der Waals surface area contributed by atoms with Crippen molar-refractivity contribution in [3.8, 4) is 0 Å². The van der Waals surface area contributed by atoms with Crippen molar-refractivity contribution in [3.63, 3.8) is 0 Å². The lowest BCUT2D eigenvalue weighted by Crippen LogP contribution is -2.42. The van der Waals surface area contributed by atoms with Gasteiger partial charge in [-0.3, -0.25) is 9.59 Å². The second-order valence-corrected chi connectivity index (χ2v) is 6.69. The van der Waals surface area contributed by atoms with Gasteiger partial charge in [-0.1, -0.05) is 42.5 Å². The Bertz CT molecular complexity index is 812. The van der Waals surface area contributed by atoms with Crippen LogP contribution in [0.2, 0.25) is 0 Å². The van der Waals surface area contributed by atoms with Crippen molar-refractivity contribution in [1.82, 2.24) is 10.2 Å². The van der Waals surface area contributed by atoms with Gasteiger partial charge in [-0.15, -0.1) is 0 Å². The highest BCUT2D eigenvalue weighted by Gasteiger charge is 2.26. The van der Waals surface area contributed by atoms with Crippen molar-refractivity contribution in [2.45, 2.75) is 19.4 Å². The molecule has 3 rings (SSSR count). The summed E-state index contributed by atoms with van der Waals surface area (Å²) in [6, 6.07) is 15.9. The highest BCUT2D eigenvalue weighted by atomic mass is 19.1. The highest BCUT2D eigenvalue weighted by molar-refractivity contribution is 5.92. The van der Waals surface area contributed by atoms with E-state index in [1.54, 1.807) is 23.1 Å². The number of nitrogens with zero attached hydrogens (tertiary/aromatic N) is 1. The van der Waals surface area contributed by atoms with Gasteiger partial charge in [0.25, 0.3) is 0 Å². The van der Waals surface area contributed by atoms with Gasteiger partial charge in [0, 0.05) is 31.6 Å². The van der Waals surface area contributed by atoms with Crippen LogP contribution in [0.25, 0.3) is 6.08 Å². The zero-order valence-corrected chi connectivity index (χ0v) is 15.1. The number of halogens is 1. The molecule has 0 atom stereocenters. The van der Waals surface area contributed by atoms with Crippen molar-refractivity contribution in [3.05, 3.63) is 77.6 Å². The maximum absolute atomic E-state index is 13.2. The minimum Gasteiger partial charge on any atom is -0.352 e. The third-order valence-electron chi connectivity index (χ3n) is 4.75. The number of carbonyl (C=O) groups excluding carboxylic acids is 2. The van der Waals surface area contributed by atoms with Crippen LogP contribution < -0.4 is 5.32 Å². The normalized spacial score (nSPS) is 15.1. The summed E-state index contributed by atoms with van der Waals surface area (Å²) in [5.74, 6) is -0.458. The van der Waals surface area contributed by atoms with Crippen molar-refractivity contribution < 1.29 is 14.0 Å². The number of hydrogen-bond donors (Lipinski definition) is 1. The van der Waals surface area contributed by atoms with Gasteiger partial charge in [0.15, 0.2) is 0 Å². The van der Waals surface area contributed by atoms with E-state index in [0.717, 1.165) is 5.56 Å². The van der Waals surface area contributed by atoms with Gasteiger partial charge in [0.05, 0.1) is 0 Å². The van der Waals surface area contributed by atoms with E-state index in [0.29, 0.717) is 38.0 Å². The van der Waals surface area contributed by atoms with Gasteiger partial charge in [-0.25, -0.2) is 4.39 Å². The van der Waals surface area contributed by atoms with E-state index >= 15 is 0 Å². The van der Waals surface area contributed by atoms with E-state index in [9.17, 15) is 14.0 Å². The van der Waals surface area contributed by atoms with Crippen LogP contribution in [0, 0.1) is 11.7 Å². The van der Waals surface area contributed by atoms with Crippen LogP contribution in [-0.2, 0) is 16.1 Å². The van der Waals surface area contributed by atoms with Crippen molar-refractivity contribution >= 4 is 17.9 Å². The molecular weight excluding hydrogens is 343 g/mol. The molecule has 27 heavy (non-hydrogen) atoms. The molecule has 1 saturated heterocycles. The molecule has 2 aromatic rings. The monoisotopic (exact) mass is 366 g/mol. The standard InChI is InChI=1S/C22H23FN2O2/c23-20-8-4-7-17(15-20)9-10-21(26)25-13-11-19(12-14-25)22(27)24-16-18-5-2-1-3-6-18/h1-10,15,19H,11-14,16H2,(H,24,27)/b10-9+. The van der Waals surface area contributed by atoms with Gasteiger partial charge >= 0.3 is 0 Å². The molecule has 1 heterocycles. The van der Waals surface area contributed by atoms with Crippen molar-refractivity contribution in [1.29, 1.82) is 0 Å². The summed E-state index contributed by atoms with van der Waals surface area (Å²) >= 11 is 0. The number of carbonyl (C=O) groups is 2. The van der Waals surface area contributed by atoms with Crippen LogP contribution in [0.1, 0.15) is 24.0 Å². The van der Waals surface area contributed by atoms with Gasteiger partial charge in [0.2, 0.25) is 11.8 Å². The van der Waals surface area contributed by atoms with E-state index in [1.165, 1.54) is 18.2 Å². The van der Waals surface area contributed by atoms with E-state index in [4.69, 9.17) is 0 Å². The van der Waals surface area contributed by atoms with Crippen LogP contribution >= 0.6 is 0 Å². The first kappa shape index (κ1) is 18.8. The third-order valence-corrected chi connectivity index (χ3v) is 4.75. The number of benzene rings is 2. The predicted octanol–water partition coefficient (Wildman–Crippen LogP) is 3.39. The summed E-state index contributed by atoms with van der Waals surface area (Å²) in [4.78, 5) is 26.3. The minimum absolute atomic E-state index is 0.0428. The van der Waals surface area contributed by atoms with Crippen LogP contribution in [0.4, 0.5) is 4.39 Å². The molecule has 0 radical (unpaired) electrons. The Morgan fingerprint density at radius 3 is 2.52 bits per heavy atom. The number of piperidine rings is 1. The van der Waals surface area contributed by atoms with Crippen LogP contribution in [0.15, 0.2) is 60.7 Å². The number of amides is 2. The lowest BCUT2D eigenvalue weighted by atomic mass is 9.95. The molecule has 1 N–H and O–H groups in total. The fourth-order valence-electron chi connectivity index (χ4n) is 3.17. The Labute approximate surface area is 158 Å². The quantitative estimate of drug-likeness (QED) is 0.825. The molecular formula is C22H23FN2O2. The maximum atomic E-state index is 13.2. The SMILES string of the molecule is O=C(NCc1ccccc1)C1CCN(C(=O)/C=C/c2cccc(F)c2)CC1. The lowest BCUT2D eigenvalue weighted by Gasteiger charge is -2.30. The molecule has 5 heteroatoms. The van der Waals surface area contributed by atoms with E-state index in [-0.39, 0.29) is 23.5 Å². The smallest absolute Gasteiger partial charge is 0.246 e. The first-order chi connectivity index (χ1) is 13.1. The third kappa shape index (κ3) is 5.51. The highest BCUT2D eigenvalue weighted by Crippen LogP contribution is 2.18. The number of rotatable bonds is 5. The largest absolute Gasteiger partial charge is 0.352 e. The molecule has 1 fully saturated rings. The second-order valence-electron chi connectivity index (χ2n) is 6.69. The first-order valence-electron chi connectivity index (χ1n) is 9.16. The van der Waals surface area contributed by atoms with Crippen LogP contribution in [0.3, 0.4) is 0 Å². The summed E-state index contributed by atoms with van der Waals surface area (Å²) in [6.07, 6.45) is 4.38. The number of likely N-dealkylation sites (tertiary alicyclic amines) is 1. The molecule has 1 aliphatic heterocycles. The van der Waals surface area contributed by atoms with E-state index in [2.05, 4.69) is 5.32 Å². The maximum Gasteiger partial charge on any atom is 0.246 e. The van der Waals surface area contributed by atoms with Gasteiger partial charge < -0.3 is 10.2 Å². The molecule has 1 aliphatic rings. The average Bonchev–Trinajstić information content (AvgIpc) is 2.71. The molecule has 0 aromatic heterocycles. The Hall–Kier alpha value is -2.95. The van der Waals surface area contributed by atoms with Crippen molar-refractivity contribution in [2.75, 3.05) is 13.1 Å². The molecule has 0 aliphatic carbocycles. The summed E-state index contributed by atoms with van der Waals surface area (Å²) < 4.78 is 13.2. The van der Waals surface area contributed by atoms with Gasteiger partial charge in [-0.05, 0) is 42.2 Å². The minimum atomic E-state index is -0.327. The van der Waals surface area contributed by atoms with E-state index in [1.807, 2.05) is 30.3 Å². The van der Waals surface area contributed by atoms with Crippen LogP contribution in [-0.4, -0.2) is 29.8 Å².